The van der Waals surface area contributed by atoms with E-state index in [-0.39, 0.29) is 18.4 Å². The molecule has 0 bridgehead atoms. The number of anilines is 1. The van der Waals surface area contributed by atoms with Gasteiger partial charge in [0.2, 0.25) is 11.8 Å². The van der Waals surface area contributed by atoms with Gasteiger partial charge in [0.1, 0.15) is 12.3 Å². The first-order chi connectivity index (χ1) is 13.2. The molecule has 6 heteroatoms. The van der Waals surface area contributed by atoms with Crippen LogP contribution in [-0.4, -0.2) is 42.2 Å². The highest BCUT2D eigenvalue weighted by atomic mass is 32.2. The number of carbonyl (C=O) groups is 2. The van der Waals surface area contributed by atoms with Gasteiger partial charge in [0, 0.05) is 18.0 Å². The normalized spacial score (nSPS) is 16.0. The van der Waals surface area contributed by atoms with Crippen molar-refractivity contribution in [2.75, 3.05) is 30.3 Å². The first kappa shape index (κ1) is 17.9. The van der Waals surface area contributed by atoms with Gasteiger partial charge in [-0.25, -0.2) is 0 Å². The number of carbonyl (C=O) groups excluding carboxylic acids is 2. The van der Waals surface area contributed by atoms with Crippen LogP contribution in [0.4, 0.5) is 5.69 Å². The monoisotopic (exact) mass is 382 g/mol. The minimum Gasteiger partial charge on any atom is -0.494 e. The molecule has 0 radical (unpaired) electrons. The smallest absolute Gasteiger partial charge is 0.242 e. The van der Waals surface area contributed by atoms with E-state index in [0.717, 1.165) is 28.3 Å². The molecule has 0 saturated heterocycles. The lowest BCUT2D eigenvalue weighted by Crippen LogP contribution is -2.46. The van der Waals surface area contributed by atoms with E-state index in [0.29, 0.717) is 25.4 Å². The third-order valence-corrected chi connectivity index (χ3v) is 6.00. The summed E-state index contributed by atoms with van der Waals surface area (Å²) in [5.41, 5.74) is 3.22. The van der Waals surface area contributed by atoms with Crippen molar-refractivity contribution in [1.82, 2.24) is 4.90 Å². The van der Waals surface area contributed by atoms with E-state index in [4.69, 9.17) is 4.74 Å². The number of para-hydroxylation sites is 1. The quantitative estimate of drug-likeness (QED) is 0.815. The second kappa shape index (κ2) is 7.64. The van der Waals surface area contributed by atoms with Gasteiger partial charge in [-0.1, -0.05) is 18.2 Å². The van der Waals surface area contributed by atoms with E-state index >= 15 is 0 Å². The number of fused-ring (bicyclic) bond motifs is 2. The Hall–Kier alpha value is -2.47. The van der Waals surface area contributed by atoms with E-state index in [1.807, 2.05) is 48.2 Å². The van der Waals surface area contributed by atoms with E-state index in [9.17, 15) is 9.59 Å². The molecular formula is C21H22N2O3S. The highest BCUT2D eigenvalue weighted by Crippen LogP contribution is 2.35. The summed E-state index contributed by atoms with van der Waals surface area (Å²) < 4.78 is 5.58. The number of nitrogens with zero attached hydrogens (tertiary/aromatic N) is 2. The van der Waals surface area contributed by atoms with Crippen LogP contribution in [0.3, 0.4) is 0 Å². The number of hydrogen-bond donors (Lipinski definition) is 0. The van der Waals surface area contributed by atoms with Crippen molar-refractivity contribution in [3.63, 3.8) is 0 Å². The molecule has 2 aromatic carbocycles. The van der Waals surface area contributed by atoms with Gasteiger partial charge in [-0.3, -0.25) is 9.59 Å². The number of hydrogen-bond acceptors (Lipinski definition) is 4. The van der Waals surface area contributed by atoms with Gasteiger partial charge < -0.3 is 14.5 Å². The Bertz CT molecular complexity index is 883. The lowest BCUT2D eigenvalue weighted by atomic mass is 9.99. The lowest BCUT2D eigenvalue weighted by Gasteiger charge is -2.33. The summed E-state index contributed by atoms with van der Waals surface area (Å²) in [5, 5.41) is 0. The Balaban J connectivity index is 1.50. The summed E-state index contributed by atoms with van der Waals surface area (Å²) in [4.78, 5) is 29.9. The summed E-state index contributed by atoms with van der Waals surface area (Å²) in [6, 6.07) is 13.9. The summed E-state index contributed by atoms with van der Waals surface area (Å²) in [7, 11) is 0. The molecular weight excluding hydrogens is 360 g/mol. The molecule has 2 aliphatic heterocycles. The van der Waals surface area contributed by atoms with Crippen LogP contribution in [-0.2, 0) is 22.6 Å². The average Bonchev–Trinajstić information content (AvgIpc) is 2.70. The number of rotatable bonds is 4. The van der Waals surface area contributed by atoms with Crippen LogP contribution in [0.1, 0.15) is 18.1 Å². The average molecular weight is 382 g/mol. The van der Waals surface area contributed by atoms with Crippen molar-refractivity contribution in [2.45, 2.75) is 24.8 Å². The summed E-state index contributed by atoms with van der Waals surface area (Å²) in [6.07, 6.45) is 0.827. The molecule has 0 saturated carbocycles. The zero-order valence-electron chi connectivity index (χ0n) is 15.3. The van der Waals surface area contributed by atoms with Crippen LogP contribution in [0, 0.1) is 0 Å². The molecule has 5 nitrogen and oxygen atoms in total. The molecule has 0 fully saturated rings. The molecule has 2 amide bonds. The Labute approximate surface area is 163 Å². The molecule has 27 heavy (non-hydrogen) atoms. The van der Waals surface area contributed by atoms with E-state index in [2.05, 4.69) is 6.07 Å². The summed E-state index contributed by atoms with van der Waals surface area (Å²) in [6.45, 7) is 3.92. The Morgan fingerprint density at radius 3 is 2.89 bits per heavy atom. The molecule has 0 spiro atoms. The standard InChI is InChI=1S/C21H22N2O3S/c1-2-26-17-8-7-15-9-10-22(12-16(15)11-17)20(24)13-23-18-5-3-4-6-19(18)27-14-21(23)25/h3-8,11H,2,9-10,12-14H2,1H3. The SMILES string of the molecule is CCOc1ccc2c(c1)CN(C(=O)CN1C(=O)CSc3ccccc31)CC2. The van der Waals surface area contributed by atoms with Crippen LogP contribution >= 0.6 is 11.8 Å². The van der Waals surface area contributed by atoms with Gasteiger partial charge in [-0.15, -0.1) is 11.8 Å². The molecule has 0 N–H and O–H groups in total. The van der Waals surface area contributed by atoms with Gasteiger partial charge >= 0.3 is 0 Å². The van der Waals surface area contributed by atoms with Crippen molar-refractivity contribution in [1.29, 1.82) is 0 Å². The molecule has 2 aliphatic rings. The highest BCUT2D eigenvalue weighted by Gasteiger charge is 2.29. The molecule has 4 rings (SSSR count). The van der Waals surface area contributed by atoms with Gasteiger partial charge in [0.25, 0.3) is 0 Å². The first-order valence-corrected chi connectivity index (χ1v) is 10.2. The van der Waals surface area contributed by atoms with Crippen LogP contribution in [0.5, 0.6) is 5.75 Å². The van der Waals surface area contributed by atoms with Crippen molar-refractivity contribution in [2.24, 2.45) is 0 Å². The summed E-state index contributed by atoms with van der Waals surface area (Å²) >= 11 is 1.53. The zero-order valence-corrected chi connectivity index (χ0v) is 16.1. The molecule has 0 aromatic heterocycles. The van der Waals surface area contributed by atoms with E-state index in [1.54, 1.807) is 4.90 Å². The van der Waals surface area contributed by atoms with Gasteiger partial charge in [0.15, 0.2) is 0 Å². The van der Waals surface area contributed by atoms with Crippen LogP contribution in [0.2, 0.25) is 0 Å². The topological polar surface area (TPSA) is 49.9 Å². The van der Waals surface area contributed by atoms with Crippen molar-refractivity contribution in [3.8, 4) is 5.75 Å². The highest BCUT2D eigenvalue weighted by molar-refractivity contribution is 8.00. The maximum Gasteiger partial charge on any atom is 0.242 e. The van der Waals surface area contributed by atoms with Crippen molar-refractivity contribution < 1.29 is 14.3 Å². The van der Waals surface area contributed by atoms with Gasteiger partial charge in [-0.05, 0) is 48.7 Å². The van der Waals surface area contributed by atoms with Crippen molar-refractivity contribution in [3.05, 3.63) is 53.6 Å². The van der Waals surface area contributed by atoms with Crippen LogP contribution < -0.4 is 9.64 Å². The van der Waals surface area contributed by atoms with Crippen LogP contribution in [0.25, 0.3) is 0 Å². The van der Waals surface area contributed by atoms with Gasteiger partial charge in [-0.2, -0.15) is 0 Å². The maximum absolute atomic E-state index is 12.9. The fraction of sp³-hybridized carbons (Fsp3) is 0.333. The maximum atomic E-state index is 12.9. The molecule has 2 heterocycles. The Morgan fingerprint density at radius 2 is 2.04 bits per heavy atom. The van der Waals surface area contributed by atoms with E-state index in [1.165, 1.54) is 17.3 Å². The summed E-state index contributed by atoms with van der Waals surface area (Å²) in [5.74, 6) is 1.19. The predicted octanol–water partition coefficient (Wildman–Crippen LogP) is 3.11. The predicted molar refractivity (Wildman–Crippen MR) is 106 cm³/mol. The zero-order chi connectivity index (χ0) is 18.8. The van der Waals surface area contributed by atoms with Crippen molar-refractivity contribution >= 4 is 29.3 Å². The lowest BCUT2D eigenvalue weighted by molar-refractivity contribution is -0.132. The number of thioether (sulfide) groups is 1. The second-order valence-electron chi connectivity index (χ2n) is 6.67. The number of ether oxygens (including phenoxy) is 1. The third kappa shape index (κ3) is 3.67. The van der Waals surface area contributed by atoms with E-state index < -0.39 is 0 Å². The fourth-order valence-corrected chi connectivity index (χ4v) is 4.50. The largest absolute Gasteiger partial charge is 0.494 e. The first-order valence-electron chi connectivity index (χ1n) is 9.20. The third-order valence-electron chi connectivity index (χ3n) is 4.96. The Morgan fingerprint density at radius 1 is 1.19 bits per heavy atom. The molecule has 2 aromatic rings. The number of benzene rings is 2. The molecule has 0 atom stereocenters. The number of amides is 2. The minimum absolute atomic E-state index is 0.0110. The van der Waals surface area contributed by atoms with Gasteiger partial charge in [0.05, 0.1) is 18.0 Å². The molecule has 140 valence electrons. The molecule has 0 unspecified atom stereocenters. The Kier molecular flexibility index (Phi) is 5.07. The second-order valence-corrected chi connectivity index (χ2v) is 7.68. The fourth-order valence-electron chi connectivity index (χ4n) is 3.57. The minimum atomic E-state index is -0.0162. The molecule has 0 aliphatic carbocycles. The van der Waals surface area contributed by atoms with Crippen LogP contribution in [0.15, 0.2) is 47.4 Å².